The minimum absolute atomic E-state index is 0.0543. The van der Waals surface area contributed by atoms with E-state index < -0.39 is 18.5 Å². The van der Waals surface area contributed by atoms with Gasteiger partial charge in [0.25, 0.3) is 11.8 Å². The molecular formula is C19H17BrN2O5. The third-order valence-corrected chi connectivity index (χ3v) is 4.36. The summed E-state index contributed by atoms with van der Waals surface area (Å²) in [6, 6.07) is 11.1. The zero-order valence-electron chi connectivity index (χ0n) is 14.2. The fourth-order valence-corrected chi connectivity index (χ4v) is 2.71. The summed E-state index contributed by atoms with van der Waals surface area (Å²) >= 11 is 3.20. The average molecular weight is 433 g/mol. The molecule has 0 atom stereocenters. The molecule has 1 aliphatic carbocycles. The van der Waals surface area contributed by atoms with Crippen LogP contribution >= 0.6 is 15.9 Å². The van der Waals surface area contributed by atoms with Gasteiger partial charge in [-0.2, -0.15) is 0 Å². The van der Waals surface area contributed by atoms with Gasteiger partial charge in [0, 0.05) is 10.5 Å². The lowest BCUT2D eigenvalue weighted by Gasteiger charge is -2.11. The number of phenolic OH excluding ortho intramolecular Hbond substituents is 1. The van der Waals surface area contributed by atoms with E-state index in [-0.39, 0.29) is 23.3 Å². The number of carbonyl (C=O) groups is 3. The van der Waals surface area contributed by atoms with E-state index in [0.29, 0.717) is 15.7 Å². The Morgan fingerprint density at radius 2 is 1.85 bits per heavy atom. The van der Waals surface area contributed by atoms with E-state index in [2.05, 4.69) is 26.6 Å². The molecule has 0 unspecified atom stereocenters. The average Bonchev–Trinajstić information content (AvgIpc) is 3.46. The number of hydrogen-bond donors (Lipinski definition) is 3. The van der Waals surface area contributed by atoms with Gasteiger partial charge in [0.2, 0.25) is 0 Å². The summed E-state index contributed by atoms with van der Waals surface area (Å²) in [5.41, 5.74) is 0.622. The van der Waals surface area contributed by atoms with E-state index >= 15 is 0 Å². The predicted molar refractivity (Wildman–Crippen MR) is 102 cm³/mol. The van der Waals surface area contributed by atoms with Crippen LogP contribution in [0, 0.1) is 0 Å². The highest BCUT2D eigenvalue weighted by Crippen LogP contribution is 2.23. The van der Waals surface area contributed by atoms with Crippen LogP contribution in [0.1, 0.15) is 33.6 Å². The maximum atomic E-state index is 12.2. The van der Waals surface area contributed by atoms with Crippen molar-refractivity contribution >= 4 is 39.4 Å². The van der Waals surface area contributed by atoms with E-state index in [9.17, 15) is 19.5 Å². The topological polar surface area (TPSA) is 105 Å². The molecular weight excluding hydrogens is 416 g/mol. The number of aromatic hydroxyl groups is 1. The smallest absolute Gasteiger partial charge is 0.342 e. The molecule has 1 aliphatic rings. The van der Waals surface area contributed by atoms with Crippen molar-refractivity contribution < 1.29 is 24.2 Å². The molecule has 0 spiro atoms. The highest BCUT2D eigenvalue weighted by atomic mass is 79.9. The van der Waals surface area contributed by atoms with Crippen LogP contribution in [0.2, 0.25) is 0 Å². The van der Waals surface area contributed by atoms with Crippen LogP contribution in [0.3, 0.4) is 0 Å². The Morgan fingerprint density at radius 1 is 1.11 bits per heavy atom. The van der Waals surface area contributed by atoms with Gasteiger partial charge >= 0.3 is 5.97 Å². The summed E-state index contributed by atoms with van der Waals surface area (Å²) in [5, 5.41) is 15.1. The van der Waals surface area contributed by atoms with Crippen molar-refractivity contribution in [2.45, 2.75) is 18.9 Å². The maximum absolute atomic E-state index is 12.2. The summed E-state index contributed by atoms with van der Waals surface area (Å²) in [7, 11) is 0. The zero-order valence-corrected chi connectivity index (χ0v) is 15.8. The van der Waals surface area contributed by atoms with Gasteiger partial charge in [0.15, 0.2) is 6.61 Å². The molecule has 0 saturated heterocycles. The van der Waals surface area contributed by atoms with E-state index in [1.165, 1.54) is 12.1 Å². The Labute approximate surface area is 163 Å². The van der Waals surface area contributed by atoms with Crippen LogP contribution in [-0.2, 0) is 9.53 Å². The number of nitrogens with one attached hydrogen (secondary N) is 2. The number of esters is 1. The fourth-order valence-electron chi connectivity index (χ4n) is 2.35. The second kappa shape index (κ2) is 8.22. The monoisotopic (exact) mass is 432 g/mol. The van der Waals surface area contributed by atoms with Crippen molar-refractivity contribution in [2.75, 3.05) is 11.9 Å². The quantitative estimate of drug-likeness (QED) is 0.608. The number of hydrogen-bond acceptors (Lipinski definition) is 5. The molecule has 0 aromatic heterocycles. The molecule has 7 nitrogen and oxygen atoms in total. The first-order valence-electron chi connectivity index (χ1n) is 8.29. The predicted octanol–water partition coefficient (Wildman–Crippen LogP) is 2.84. The SMILES string of the molecule is O=C(COC(=O)c1cc(Br)ccc1O)Nc1ccccc1C(=O)NC1CC1. The first-order valence-corrected chi connectivity index (χ1v) is 9.08. The molecule has 8 heteroatoms. The molecule has 1 fully saturated rings. The van der Waals surface area contributed by atoms with E-state index in [1.807, 2.05) is 0 Å². The Kier molecular flexibility index (Phi) is 5.75. The van der Waals surface area contributed by atoms with E-state index in [1.54, 1.807) is 30.3 Å². The fraction of sp³-hybridized carbons (Fsp3) is 0.211. The van der Waals surface area contributed by atoms with Crippen LogP contribution < -0.4 is 10.6 Å². The molecule has 140 valence electrons. The van der Waals surface area contributed by atoms with Crippen LogP contribution in [0.25, 0.3) is 0 Å². The summed E-state index contributed by atoms with van der Waals surface area (Å²) in [5.74, 6) is -1.93. The Hall–Kier alpha value is -2.87. The Balaban J connectivity index is 1.60. The molecule has 3 N–H and O–H groups in total. The van der Waals surface area contributed by atoms with Gasteiger partial charge in [0.05, 0.1) is 11.3 Å². The first-order chi connectivity index (χ1) is 12.9. The molecule has 0 heterocycles. The van der Waals surface area contributed by atoms with E-state index in [4.69, 9.17) is 4.74 Å². The minimum Gasteiger partial charge on any atom is -0.507 e. The number of ether oxygens (including phenoxy) is 1. The number of para-hydroxylation sites is 1. The number of phenols is 1. The molecule has 27 heavy (non-hydrogen) atoms. The number of amides is 2. The van der Waals surface area contributed by atoms with Crippen molar-refractivity contribution in [1.82, 2.24) is 5.32 Å². The number of carbonyl (C=O) groups excluding carboxylic acids is 3. The largest absolute Gasteiger partial charge is 0.507 e. The Bertz CT molecular complexity index is 895. The lowest BCUT2D eigenvalue weighted by molar-refractivity contribution is -0.119. The molecule has 0 bridgehead atoms. The molecule has 2 amide bonds. The van der Waals surface area contributed by atoms with Crippen molar-refractivity contribution in [3.05, 3.63) is 58.1 Å². The summed E-state index contributed by atoms with van der Waals surface area (Å²) in [6.07, 6.45) is 1.91. The molecule has 0 radical (unpaired) electrons. The highest BCUT2D eigenvalue weighted by molar-refractivity contribution is 9.10. The van der Waals surface area contributed by atoms with Crippen LogP contribution in [-0.4, -0.2) is 35.5 Å². The number of benzene rings is 2. The molecule has 2 aromatic carbocycles. The summed E-state index contributed by atoms with van der Waals surface area (Å²) < 4.78 is 5.53. The second-order valence-corrected chi connectivity index (χ2v) is 6.99. The lowest BCUT2D eigenvalue weighted by atomic mass is 10.1. The van der Waals surface area contributed by atoms with Gasteiger partial charge in [-0.1, -0.05) is 28.1 Å². The number of halogens is 1. The van der Waals surface area contributed by atoms with E-state index in [0.717, 1.165) is 12.8 Å². The van der Waals surface area contributed by atoms with Gasteiger partial charge in [0.1, 0.15) is 11.3 Å². The van der Waals surface area contributed by atoms with Crippen LogP contribution in [0.15, 0.2) is 46.9 Å². The molecule has 2 aromatic rings. The number of rotatable bonds is 6. The molecule has 1 saturated carbocycles. The van der Waals surface area contributed by atoms with Crippen molar-refractivity contribution in [1.29, 1.82) is 0 Å². The highest BCUT2D eigenvalue weighted by Gasteiger charge is 2.25. The first kappa shape index (κ1) is 18.9. The van der Waals surface area contributed by atoms with Crippen molar-refractivity contribution in [3.63, 3.8) is 0 Å². The van der Waals surface area contributed by atoms with Gasteiger partial charge < -0.3 is 20.5 Å². The normalized spacial score (nSPS) is 12.9. The van der Waals surface area contributed by atoms with Crippen molar-refractivity contribution in [2.24, 2.45) is 0 Å². The van der Waals surface area contributed by atoms with Gasteiger partial charge in [-0.3, -0.25) is 9.59 Å². The lowest BCUT2D eigenvalue weighted by Crippen LogP contribution is -2.28. The van der Waals surface area contributed by atoms with Crippen LogP contribution in [0.4, 0.5) is 5.69 Å². The van der Waals surface area contributed by atoms with Crippen molar-refractivity contribution in [3.8, 4) is 5.75 Å². The third-order valence-electron chi connectivity index (χ3n) is 3.87. The Morgan fingerprint density at radius 3 is 2.59 bits per heavy atom. The minimum atomic E-state index is -0.830. The second-order valence-electron chi connectivity index (χ2n) is 6.08. The molecule has 0 aliphatic heterocycles. The van der Waals surface area contributed by atoms with Gasteiger partial charge in [-0.25, -0.2) is 4.79 Å². The zero-order chi connectivity index (χ0) is 19.4. The third kappa shape index (κ3) is 5.07. The van der Waals surface area contributed by atoms with Gasteiger partial charge in [-0.15, -0.1) is 0 Å². The van der Waals surface area contributed by atoms with Crippen LogP contribution in [0.5, 0.6) is 5.75 Å². The van der Waals surface area contributed by atoms with Gasteiger partial charge in [-0.05, 0) is 43.2 Å². The summed E-state index contributed by atoms with van der Waals surface area (Å²) in [4.78, 5) is 36.4. The number of anilines is 1. The maximum Gasteiger partial charge on any atom is 0.342 e. The molecule has 3 rings (SSSR count). The summed E-state index contributed by atoms with van der Waals surface area (Å²) in [6.45, 7) is -0.552. The standard InChI is InChI=1S/C19H17BrN2O5/c20-11-5-8-16(23)14(9-11)19(26)27-10-17(24)22-15-4-2-1-3-13(15)18(25)21-12-6-7-12/h1-5,8-9,12,23H,6-7,10H2,(H,21,25)(H,22,24).